The van der Waals surface area contributed by atoms with Crippen molar-refractivity contribution in [2.24, 2.45) is 0 Å². The van der Waals surface area contributed by atoms with Crippen LogP contribution in [0.15, 0.2) is 182 Å². The van der Waals surface area contributed by atoms with Crippen molar-refractivity contribution in [3.8, 4) is 50.6 Å². The molecule has 1 N–H and O–H groups in total. The number of ether oxygens (including phenoxy) is 1. The molecule has 10 aromatic rings. The summed E-state index contributed by atoms with van der Waals surface area (Å²) in [5, 5.41) is 5.00. The van der Waals surface area contributed by atoms with Gasteiger partial charge in [0.1, 0.15) is 11.5 Å². The number of H-pyrrole nitrogens is 1. The van der Waals surface area contributed by atoms with Crippen LogP contribution in [0.25, 0.3) is 82.7 Å². The zero-order valence-electron chi connectivity index (χ0n) is 28.7. The van der Waals surface area contributed by atoms with Gasteiger partial charge >= 0.3 is 0 Å². The second kappa shape index (κ2) is 12.2. The fourth-order valence-electron chi connectivity index (χ4n) is 7.80. The molecule has 3 heteroatoms. The molecule has 0 amide bonds. The Morgan fingerprint density at radius 3 is 1.92 bits per heavy atom. The smallest absolute Gasteiger partial charge is 0.135 e. The average molecular weight is 667 g/mol. The SMILES string of the molecule is Cc1cc(-c2ccc3c4ccccc4n(-c4ccccc4)c3c2)ccc1-c1ccccc1Oc1ccc(-c2ccc3[nH]c4ccccc4c3c2)cc1. The number of para-hydroxylation sites is 4. The van der Waals surface area contributed by atoms with Crippen molar-refractivity contribution in [2.45, 2.75) is 6.92 Å². The highest BCUT2D eigenvalue weighted by atomic mass is 16.5. The van der Waals surface area contributed by atoms with Crippen LogP contribution in [0, 0.1) is 6.92 Å². The van der Waals surface area contributed by atoms with Gasteiger partial charge in [0, 0.05) is 43.8 Å². The maximum atomic E-state index is 6.56. The fraction of sp³-hybridized carbons (Fsp3) is 0.0204. The van der Waals surface area contributed by atoms with E-state index in [1.165, 1.54) is 54.8 Å². The number of aryl methyl sites for hydroxylation is 1. The summed E-state index contributed by atoms with van der Waals surface area (Å²) in [6.07, 6.45) is 0. The van der Waals surface area contributed by atoms with Crippen molar-refractivity contribution in [1.29, 1.82) is 0 Å². The summed E-state index contributed by atoms with van der Waals surface area (Å²) in [5.41, 5.74) is 14.0. The van der Waals surface area contributed by atoms with E-state index in [0.717, 1.165) is 44.9 Å². The highest BCUT2D eigenvalue weighted by molar-refractivity contribution is 6.10. The minimum absolute atomic E-state index is 0.806. The topological polar surface area (TPSA) is 29.9 Å². The monoisotopic (exact) mass is 666 g/mol. The van der Waals surface area contributed by atoms with Crippen molar-refractivity contribution in [2.75, 3.05) is 0 Å². The van der Waals surface area contributed by atoms with Gasteiger partial charge in [0.15, 0.2) is 0 Å². The minimum atomic E-state index is 0.806. The number of benzene rings is 8. The molecule has 0 bridgehead atoms. The molecule has 0 aliphatic rings. The van der Waals surface area contributed by atoms with Crippen LogP contribution in [0.2, 0.25) is 0 Å². The van der Waals surface area contributed by atoms with E-state index in [4.69, 9.17) is 4.74 Å². The molecule has 10 rings (SSSR count). The molecule has 0 atom stereocenters. The van der Waals surface area contributed by atoms with Crippen LogP contribution in [0.3, 0.4) is 0 Å². The van der Waals surface area contributed by atoms with Crippen molar-refractivity contribution in [3.05, 3.63) is 188 Å². The quantitative estimate of drug-likeness (QED) is 0.188. The molecule has 2 aromatic heterocycles. The van der Waals surface area contributed by atoms with Gasteiger partial charge in [0.25, 0.3) is 0 Å². The van der Waals surface area contributed by atoms with E-state index in [1.807, 2.05) is 6.07 Å². The lowest BCUT2D eigenvalue weighted by molar-refractivity contribution is 0.484. The number of hydrogen-bond donors (Lipinski definition) is 1. The number of aromatic nitrogens is 2. The summed E-state index contributed by atoms with van der Waals surface area (Å²) in [7, 11) is 0. The van der Waals surface area contributed by atoms with Crippen LogP contribution < -0.4 is 4.74 Å². The largest absolute Gasteiger partial charge is 0.457 e. The van der Waals surface area contributed by atoms with E-state index >= 15 is 0 Å². The summed E-state index contributed by atoms with van der Waals surface area (Å²) >= 11 is 0. The molecule has 0 aliphatic heterocycles. The zero-order chi connectivity index (χ0) is 34.6. The lowest BCUT2D eigenvalue weighted by Gasteiger charge is -2.15. The first-order valence-corrected chi connectivity index (χ1v) is 17.8. The maximum absolute atomic E-state index is 6.56. The molecule has 246 valence electrons. The van der Waals surface area contributed by atoms with Gasteiger partial charge in [-0.05, 0) is 101 Å². The second-order valence-electron chi connectivity index (χ2n) is 13.5. The number of aromatic amines is 1. The van der Waals surface area contributed by atoms with Gasteiger partial charge in [-0.3, -0.25) is 0 Å². The van der Waals surface area contributed by atoms with Gasteiger partial charge in [0.2, 0.25) is 0 Å². The van der Waals surface area contributed by atoms with Crippen molar-refractivity contribution >= 4 is 43.6 Å². The van der Waals surface area contributed by atoms with E-state index in [1.54, 1.807) is 0 Å². The predicted octanol–water partition coefficient (Wildman–Crippen LogP) is 13.5. The number of nitrogens with zero attached hydrogens (tertiary/aromatic N) is 1. The van der Waals surface area contributed by atoms with Crippen LogP contribution in [0.5, 0.6) is 11.5 Å². The average Bonchev–Trinajstić information content (AvgIpc) is 3.74. The lowest BCUT2D eigenvalue weighted by atomic mass is 9.95. The van der Waals surface area contributed by atoms with E-state index < -0.39 is 0 Å². The molecule has 0 saturated heterocycles. The zero-order valence-corrected chi connectivity index (χ0v) is 28.7. The van der Waals surface area contributed by atoms with Crippen molar-refractivity contribution < 1.29 is 4.74 Å². The predicted molar refractivity (Wildman–Crippen MR) is 218 cm³/mol. The van der Waals surface area contributed by atoms with Gasteiger partial charge in [-0.1, -0.05) is 121 Å². The third kappa shape index (κ3) is 5.06. The Kier molecular flexibility index (Phi) is 7.04. The highest BCUT2D eigenvalue weighted by Crippen LogP contribution is 2.39. The van der Waals surface area contributed by atoms with E-state index in [9.17, 15) is 0 Å². The van der Waals surface area contributed by atoms with E-state index in [-0.39, 0.29) is 0 Å². The van der Waals surface area contributed by atoms with Gasteiger partial charge in [-0.25, -0.2) is 0 Å². The summed E-state index contributed by atoms with van der Waals surface area (Å²) in [4.78, 5) is 3.52. The fourth-order valence-corrected chi connectivity index (χ4v) is 7.80. The van der Waals surface area contributed by atoms with Crippen LogP contribution in [0.1, 0.15) is 5.56 Å². The molecule has 0 unspecified atom stereocenters. The normalized spacial score (nSPS) is 11.6. The van der Waals surface area contributed by atoms with Gasteiger partial charge < -0.3 is 14.3 Å². The van der Waals surface area contributed by atoms with E-state index in [0.29, 0.717) is 0 Å². The van der Waals surface area contributed by atoms with Gasteiger partial charge in [-0.2, -0.15) is 0 Å². The molecule has 52 heavy (non-hydrogen) atoms. The Morgan fingerprint density at radius 1 is 0.423 bits per heavy atom. The molecule has 0 spiro atoms. The van der Waals surface area contributed by atoms with Gasteiger partial charge in [0.05, 0.1) is 11.0 Å². The number of nitrogens with one attached hydrogen (secondary N) is 1. The second-order valence-corrected chi connectivity index (χ2v) is 13.5. The molecular weight excluding hydrogens is 633 g/mol. The molecule has 0 saturated carbocycles. The maximum Gasteiger partial charge on any atom is 0.135 e. The number of hydrogen-bond acceptors (Lipinski definition) is 1. The summed E-state index contributed by atoms with van der Waals surface area (Å²) < 4.78 is 8.94. The Morgan fingerprint density at radius 2 is 1.06 bits per heavy atom. The molecule has 0 radical (unpaired) electrons. The molecule has 8 aromatic carbocycles. The van der Waals surface area contributed by atoms with Crippen molar-refractivity contribution in [1.82, 2.24) is 9.55 Å². The van der Waals surface area contributed by atoms with Crippen LogP contribution in [-0.4, -0.2) is 9.55 Å². The summed E-state index contributed by atoms with van der Waals surface area (Å²) in [6.45, 7) is 2.19. The number of fused-ring (bicyclic) bond motifs is 6. The van der Waals surface area contributed by atoms with Gasteiger partial charge in [-0.15, -0.1) is 0 Å². The first-order chi connectivity index (χ1) is 25.7. The number of rotatable bonds is 6. The lowest BCUT2D eigenvalue weighted by Crippen LogP contribution is -1.93. The van der Waals surface area contributed by atoms with Crippen LogP contribution in [-0.2, 0) is 0 Å². The third-order valence-corrected chi connectivity index (χ3v) is 10.3. The first-order valence-electron chi connectivity index (χ1n) is 17.8. The Bertz CT molecular complexity index is 2930. The molecule has 0 aliphatic carbocycles. The van der Waals surface area contributed by atoms with Crippen LogP contribution in [0.4, 0.5) is 0 Å². The molecule has 0 fully saturated rings. The Labute approximate surface area is 302 Å². The Balaban J connectivity index is 0.956. The third-order valence-electron chi connectivity index (χ3n) is 10.3. The molecular formula is C49H34N2O. The summed E-state index contributed by atoms with van der Waals surface area (Å²) in [6, 6.07) is 64.7. The van der Waals surface area contributed by atoms with Crippen molar-refractivity contribution in [3.63, 3.8) is 0 Å². The summed E-state index contributed by atoms with van der Waals surface area (Å²) in [5.74, 6) is 1.64. The molecule has 2 heterocycles. The van der Waals surface area contributed by atoms with E-state index in [2.05, 4.69) is 192 Å². The highest BCUT2D eigenvalue weighted by Gasteiger charge is 2.15. The minimum Gasteiger partial charge on any atom is -0.457 e. The Hall–Kier alpha value is -6.84. The first kappa shape index (κ1) is 30.0. The molecule has 3 nitrogen and oxygen atoms in total. The van der Waals surface area contributed by atoms with Crippen LogP contribution >= 0.6 is 0 Å². The standard InChI is InChI=1S/C49H34N2O/c1-32-29-34(36-22-27-42-41-14-6-9-17-47(41)51(48(42)31-36)37-11-3-2-4-12-37)21-26-39(32)43-15-7-10-18-49(43)52-38-24-19-33(20-25-38)35-23-28-46-44(30-35)40-13-5-8-16-45(40)50-46/h2-31,50H,1H3.